The van der Waals surface area contributed by atoms with Gasteiger partial charge in [-0.15, -0.1) is 0 Å². The molecule has 110 valence electrons. The molecule has 1 saturated carbocycles. The fourth-order valence-electron chi connectivity index (χ4n) is 2.72. The second kappa shape index (κ2) is 5.79. The van der Waals surface area contributed by atoms with E-state index >= 15 is 0 Å². The highest BCUT2D eigenvalue weighted by Crippen LogP contribution is 2.36. The molecule has 0 bridgehead atoms. The van der Waals surface area contributed by atoms with Crippen molar-refractivity contribution in [2.45, 2.75) is 32.6 Å². The fourth-order valence-corrected chi connectivity index (χ4v) is 2.72. The third-order valence-corrected chi connectivity index (χ3v) is 4.27. The zero-order chi connectivity index (χ0) is 14.8. The van der Waals surface area contributed by atoms with Crippen LogP contribution in [0, 0.1) is 18.2 Å². The Morgan fingerprint density at radius 3 is 2.65 bits per heavy atom. The van der Waals surface area contributed by atoms with Crippen molar-refractivity contribution in [1.82, 2.24) is 5.32 Å². The highest BCUT2D eigenvalue weighted by molar-refractivity contribution is 5.95. The topological polar surface area (TPSA) is 75.4 Å². The molecular formula is C15H21FN2O2. The molecular weight excluding hydrogens is 259 g/mol. The van der Waals surface area contributed by atoms with E-state index in [4.69, 9.17) is 5.73 Å². The maximum Gasteiger partial charge on any atom is 0.251 e. The van der Waals surface area contributed by atoms with E-state index in [0.717, 1.165) is 25.7 Å². The SMILES string of the molecule is Cc1c(N)cc(C(=O)NCC2(CO)CCCC2)cc1F. The van der Waals surface area contributed by atoms with Gasteiger partial charge in [0.2, 0.25) is 0 Å². The zero-order valence-corrected chi connectivity index (χ0v) is 11.7. The lowest BCUT2D eigenvalue weighted by Gasteiger charge is -2.26. The van der Waals surface area contributed by atoms with Crippen molar-refractivity contribution in [3.05, 3.63) is 29.1 Å². The smallest absolute Gasteiger partial charge is 0.251 e. The number of carbonyl (C=O) groups excluding carboxylic acids is 1. The van der Waals surface area contributed by atoms with Gasteiger partial charge >= 0.3 is 0 Å². The van der Waals surface area contributed by atoms with Gasteiger partial charge < -0.3 is 16.2 Å². The maximum absolute atomic E-state index is 13.6. The minimum atomic E-state index is -0.479. The molecule has 0 aliphatic heterocycles. The molecule has 4 N–H and O–H groups in total. The Balaban J connectivity index is 2.05. The van der Waals surface area contributed by atoms with Crippen LogP contribution in [0.5, 0.6) is 0 Å². The number of carbonyl (C=O) groups is 1. The Bertz CT molecular complexity index is 488. The average Bonchev–Trinajstić information content (AvgIpc) is 2.91. The first-order valence-corrected chi connectivity index (χ1v) is 6.92. The number of hydrogen-bond donors (Lipinski definition) is 3. The Labute approximate surface area is 118 Å². The molecule has 1 aliphatic rings. The van der Waals surface area contributed by atoms with Gasteiger partial charge in [-0.05, 0) is 31.9 Å². The predicted octanol–water partition coefficient (Wildman–Crippen LogP) is 2.00. The highest BCUT2D eigenvalue weighted by atomic mass is 19.1. The van der Waals surface area contributed by atoms with Gasteiger partial charge in [0.25, 0.3) is 5.91 Å². The summed E-state index contributed by atoms with van der Waals surface area (Å²) in [6.45, 7) is 2.06. The predicted molar refractivity (Wildman–Crippen MR) is 75.9 cm³/mol. The fraction of sp³-hybridized carbons (Fsp3) is 0.533. The number of halogens is 1. The van der Waals surface area contributed by atoms with Crippen molar-refractivity contribution in [2.75, 3.05) is 18.9 Å². The Morgan fingerprint density at radius 2 is 2.10 bits per heavy atom. The summed E-state index contributed by atoms with van der Waals surface area (Å²) in [6, 6.07) is 2.68. The standard InChI is InChI=1S/C15H21FN2O2/c1-10-12(16)6-11(7-13(10)17)14(20)18-8-15(9-19)4-2-3-5-15/h6-7,19H,2-5,8-9,17H2,1H3,(H,18,20). The van der Waals surface area contributed by atoms with Crippen molar-refractivity contribution < 1.29 is 14.3 Å². The summed E-state index contributed by atoms with van der Waals surface area (Å²) in [7, 11) is 0. The zero-order valence-electron chi connectivity index (χ0n) is 11.7. The number of hydrogen-bond acceptors (Lipinski definition) is 3. The van der Waals surface area contributed by atoms with Gasteiger partial charge in [-0.2, -0.15) is 0 Å². The van der Waals surface area contributed by atoms with Gasteiger partial charge in [0.05, 0.1) is 6.61 Å². The molecule has 0 saturated heterocycles. The highest BCUT2D eigenvalue weighted by Gasteiger charge is 2.33. The van der Waals surface area contributed by atoms with E-state index in [1.807, 2.05) is 0 Å². The van der Waals surface area contributed by atoms with E-state index < -0.39 is 5.82 Å². The molecule has 4 nitrogen and oxygen atoms in total. The van der Waals surface area contributed by atoms with Crippen LogP contribution in [0.15, 0.2) is 12.1 Å². The third-order valence-electron chi connectivity index (χ3n) is 4.27. The summed E-state index contributed by atoms with van der Waals surface area (Å²) in [5, 5.41) is 12.3. The number of rotatable bonds is 4. The molecule has 2 rings (SSSR count). The number of benzene rings is 1. The molecule has 5 heteroatoms. The second-order valence-corrected chi connectivity index (χ2v) is 5.72. The van der Waals surface area contributed by atoms with Gasteiger partial charge in [0, 0.05) is 28.8 Å². The monoisotopic (exact) mass is 280 g/mol. The third kappa shape index (κ3) is 2.93. The van der Waals surface area contributed by atoms with Crippen LogP contribution in [0.3, 0.4) is 0 Å². The molecule has 1 fully saturated rings. The van der Waals surface area contributed by atoms with E-state index in [2.05, 4.69) is 5.32 Å². The van der Waals surface area contributed by atoms with Crippen LogP contribution < -0.4 is 11.1 Å². The number of aliphatic hydroxyl groups excluding tert-OH is 1. The number of nitrogen functional groups attached to an aromatic ring is 1. The van der Waals surface area contributed by atoms with Crippen LogP contribution >= 0.6 is 0 Å². The van der Waals surface area contributed by atoms with E-state index in [9.17, 15) is 14.3 Å². The van der Waals surface area contributed by atoms with E-state index in [1.165, 1.54) is 12.1 Å². The van der Waals surface area contributed by atoms with Crippen LogP contribution in [0.25, 0.3) is 0 Å². The molecule has 0 unspecified atom stereocenters. The van der Waals surface area contributed by atoms with Crippen molar-refractivity contribution in [2.24, 2.45) is 5.41 Å². The number of aliphatic hydroxyl groups is 1. The largest absolute Gasteiger partial charge is 0.398 e. The van der Waals surface area contributed by atoms with E-state index in [1.54, 1.807) is 6.92 Å². The van der Waals surface area contributed by atoms with Crippen molar-refractivity contribution in [3.63, 3.8) is 0 Å². The Morgan fingerprint density at radius 1 is 1.45 bits per heavy atom. The first-order chi connectivity index (χ1) is 9.47. The molecule has 1 aromatic carbocycles. The summed E-state index contributed by atoms with van der Waals surface area (Å²) in [4.78, 5) is 12.1. The van der Waals surface area contributed by atoms with E-state index in [-0.39, 0.29) is 29.2 Å². The van der Waals surface area contributed by atoms with Gasteiger partial charge in [0.1, 0.15) is 5.82 Å². The number of nitrogens with one attached hydrogen (secondary N) is 1. The summed E-state index contributed by atoms with van der Waals surface area (Å²) < 4.78 is 13.6. The molecule has 0 atom stereocenters. The van der Waals surface area contributed by atoms with Crippen molar-refractivity contribution >= 4 is 11.6 Å². The quantitative estimate of drug-likeness (QED) is 0.738. The maximum atomic E-state index is 13.6. The Hall–Kier alpha value is -1.62. The van der Waals surface area contributed by atoms with Gasteiger partial charge in [-0.25, -0.2) is 4.39 Å². The summed E-state index contributed by atoms with van der Waals surface area (Å²) >= 11 is 0. The van der Waals surface area contributed by atoms with Crippen LogP contribution in [0.4, 0.5) is 10.1 Å². The molecule has 0 heterocycles. The lowest BCUT2D eigenvalue weighted by Crippen LogP contribution is -2.38. The molecule has 1 aliphatic carbocycles. The van der Waals surface area contributed by atoms with E-state index in [0.29, 0.717) is 12.1 Å². The molecule has 1 aromatic rings. The summed E-state index contributed by atoms with van der Waals surface area (Å²) in [6.07, 6.45) is 3.97. The van der Waals surface area contributed by atoms with Gasteiger partial charge in [-0.3, -0.25) is 4.79 Å². The first kappa shape index (κ1) is 14.8. The molecule has 0 spiro atoms. The molecule has 0 aromatic heterocycles. The molecule has 1 amide bonds. The minimum absolute atomic E-state index is 0.0671. The second-order valence-electron chi connectivity index (χ2n) is 5.72. The number of nitrogens with two attached hydrogens (primary N) is 1. The minimum Gasteiger partial charge on any atom is -0.398 e. The summed E-state index contributed by atoms with van der Waals surface area (Å²) in [5.41, 5.74) is 6.29. The summed E-state index contributed by atoms with van der Waals surface area (Å²) in [5.74, 6) is -0.830. The van der Waals surface area contributed by atoms with Crippen LogP contribution in [0.1, 0.15) is 41.6 Å². The number of amides is 1. The van der Waals surface area contributed by atoms with Crippen LogP contribution in [0.2, 0.25) is 0 Å². The van der Waals surface area contributed by atoms with Crippen LogP contribution in [-0.4, -0.2) is 24.2 Å². The van der Waals surface area contributed by atoms with Crippen molar-refractivity contribution in [1.29, 1.82) is 0 Å². The first-order valence-electron chi connectivity index (χ1n) is 6.92. The number of anilines is 1. The average molecular weight is 280 g/mol. The van der Waals surface area contributed by atoms with Gasteiger partial charge in [0.15, 0.2) is 0 Å². The lowest BCUT2D eigenvalue weighted by molar-refractivity contribution is 0.0880. The Kier molecular flexibility index (Phi) is 4.28. The lowest BCUT2D eigenvalue weighted by atomic mass is 9.87. The molecule has 0 radical (unpaired) electrons. The van der Waals surface area contributed by atoms with Gasteiger partial charge in [-0.1, -0.05) is 12.8 Å². The normalized spacial score (nSPS) is 17.1. The van der Waals surface area contributed by atoms with Crippen LogP contribution in [-0.2, 0) is 0 Å². The van der Waals surface area contributed by atoms with Crippen molar-refractivity contribution in [3.8, 4) is 0 Å². The molecule has 20 heavy (non-hydrogen) atoms.